The molecule has 0 aliphatic rings. The first-order valence-electron chi connectivity index (χ1n) is 11.5. The van der Waals surface area contributed by atoms with Crippen LogP contribution in [0.1, 0.15) is 5.56 Å². The summed E-state index contributed by atoms with van der Waals surface area (Å²) in [6, 6.07) is 24.0. The predicted octanol–water partition coefficient (Wildman–Crippen LogP) is 7.34. The van der Waals surface area contributed by atoms with Crippen LogP contribution >= 0.6 is 11.6 Å². The predicted molar refractivity (Wildman–Crippen MR) is 141 cm³/mol. The topological polar surface area (TPSA) is 60.7 Å². The molecule has 0 atom stereocenters. The molecule has 0 N–H and O–H groups in total. The van der Waals surface area contributed by atoms with Gasteiger partial charge in [-0.3, -0.25) is 4.79 Å². The van der Waals surface area contributed by atoms with Crippen molar-refractivity contribution in [1.29, 1.82) is 0 Å². The molecule has 9 heteroatoms. The number of nitrogens with zero attached hydrogens (tertiary/aromatic N) is 4. The van der Waals surface area contributed by atoms with Crippen molar-refractivity contribution < 1.29 is 13.2 Å². The lowest BCUT2D eigenvalue weighted by molar-refractivity contribution is -0.137. The number of benzene rings is 3. The summed E-state index contributed by atoms with van der Waals surface area (Å²) in [5.74, 6) is -0.0566. The number of rotatable bonds is 3. The lowest BCUT2D eigenvalue weighted by atomic mass is 9.98. The molecule has 3 aromatic heterocycles. The standard InChI is InChI=1S/C29H16ClF3N4O/c30-19-13-11-17(12-14-19)25-21-8-1-2-9-22(21)28(38)37(36-25)27-23(16-18-6-5-15-34-26(18)35-27)20-7-3-4-10-24(20)29(31,32)33/h1-16H. The minimum atomic E-state index is -4.63. The molecule has 0 radical (unpaired) electrons. The maximum atomic E-state index is 14.1. The molecular formula is C29H16ClF3N4O. The first-order chi connectivity index (χ1) is 18.3. The first-order valence-corrected chi connectivity index (χ1v) is 11.9. The van der Waals surface area contributed by atoms with Crippen molar-refractivity contribution in [3.63, 3.8) is 0 Å². The number of halogens is 4. The summed E-state index contributed by atoms with van der Waals surface area (Å²) in [5.41, 5.74) is 0.00870. The van der Waals surface area contributed by atoms with Gasteiger partial charge in [0.1, 0.15) is 0 Å². The zero-order chi connectivity index (χ0) is 26.4. The second-order valence-corrected chi connectivity index (χ2v) is 9.01. The van der Waals surface area contributed by atoms with Gasteiger partial charge in [0.2, 0.25) is 0 Å². The van der Waals surface area contributed by atoms with Gasteiger partial charge in [-0.1, -0.05) is 60.1 Å². The van der Waals surface area contributed by atoms with Crippen molar-refractivity contribution in [2.75, 3.05) is 0 Å². The van der Waals surface area contributed by atoms with E-state index in [4.69, 9.17) is 11.6 Å². The molecule has 6 aromatic rings. The summed E-state index contributed by atoms with van der Waals surface area (Å²) in [7, 11) is 0. The van der Waals surface area contributed by atoms with Crippen LogP contribution in [0.2, 0.25) is 5.02 Å². The van der Waals surface area contributed by atoms with Crippen molar-refractivity contribution in [1.82, 2.24) is 19.7 Å². The average Bonchev–Trinajstić information content (AvgIpc) is 2.93. The Hall–Kier alpha value is -4.56. The summed E-state index contributed by atoms with van der Waals surface area (Å²) in [6.45, 7) is 0. The third-order valence-electron chi connectivity index (χ3n) is 6.22. The summed E-state index contributed by atoms with van der Waals surface area (Å²) in [4.78, 5) is 22.6. The summed E-state index contributed by atoms with van der Waals surface area (Å²) < 4.78 is 43.2. The number of pyridine rings is 2. The van der Waals surface area contributed by atoms with E-state index in [1.54, 1.807) is 66.7 Å². The Balaban J connectivity index is 1.74. The van der Waals surface area contributed by atoms with E-state index < -0.39 is 17.3 Å². The Morgan fingerprint density at radius 2 is 1.50 bits per heavy atom. The molecule has 0 fully saturated rings. The highest BCUT2D eigenvalue weighted by molar-refractivity contribution is 6.30. The number of fused-ring (bicyclic) bond motifs is 2. The maximum absolute atomic E-state index is 14.1. The average molecular weight is 529 g/mol. The smallest absolute Gasteiger partial charge is 0.267 e. The molecule has 0 bridgehead atoms. The van der Waals surface area contributed by atoms with E-state index >= 15 is 0 Å². The van der Waals surface area contributed by atoms with Gasteiger partial charge in [0.05, 0.1) is 16.6 Å². The SMILES string of the molecule is O=c1c2ccccc2c(-c2ccc(Cl)cc2)nn1-c1nc2ncccc2cc1-c1ccccc1C(F)(F)F. The first kappa shape index (κ1) is 23.8. The Labute approximate surface area is 218 Å². The maximum Gasteiger partial charge on any atom is 0.417 e. The highest BCUT2D eigenvalue weighted by Gasteiger charge is 2.34. The second-order valence-electron chi connectivity index (χ2n) is 8.57. The third-order valence-corrected chi connectivity index (χ3v) is 6.47. The minimum absolute atomic E-state index is 0.0566. The van der Waals surface area contributed by atoms with Crippen molar-refractivity contribution in [2.45, 2.75) is 6.18 Å². The quantitative estimate of drug-likeness (QED) is 0.241. The summed E-state index contributed by atoms with van der Waals surface area (Å²) >= 11 is 6.08. The van der Waals surface area contributed by atoms with Gasteiger partial charge in [-0.25, -0.2) is 9.97 Å². The van der Waals surface area contributed by atoms with Gasteiger partial charge >= 0.3 is 6.18 Å². The third kappa shape index (κ3) is 4.09. The minimum Gasteiger partial charge on any atom is -0.267 e. The fourth-order valence-corrected chi connectivity index (χ4v) is 4.60. The van der Waals surface area contributed by atoms with E-state index in [2.05, 4.69) is 15.1 Å². The Morgan fingerprint density at radius 1 is 0.789 bits per heavy atom. The highest BCUT2D eigenvalue weighted by Crippen LogP contribution is 2.39. The molecule has 5 nitrogen and oxygen atoms in total. The summed E-state index contributed by atoms with van der Waals surface area (Å²) in [5, 5.41) is 6.62. The van der Waals surface area contributed by atoms with Crippen LogP contribution in [0.5, 0.6) is 0 Å². The van der Waals surface area contributed by atoms with E-state index in [9.17, 15) is 18.0 Å². The van der Waals surface area contributed by atoms with Gasteiger partial charge in [0, 0.05) is 33.1 Å². The molecule has 0 aliphatic heterocycles. The summed E-state index contributed by atoms with van der Waals surface area (Å²) in [6.07, 6.45) is -3.10. The zero-order valence-electron chi connectivity index (χ0n) is 19.4. The molecule has 0 aliphatic carbocycles. The fraction of sp³-hybridized carbons (Fsp3) is 0.0345. The highest BCUT2D eigenvalue weighted by atomic mass is 35.5. The van der Waals surface area contributed by atoms with Crippen molar-refractivity contribution >= 4 is 33.4 Å². The second kappa shape index (κ2) is 9.08. The van der Waals surface area contributed by atoms with E-state index in [1.165, 1.54) is 24.4 Å². The van der Waals surface area contributed by atoms with Crippen molar-refractivity contribution in [3.05, 3.63) is 118 Å². The van der Waals surface area contributed by atoms with E-state index in [1.807, 2.05) is 0 Å². The van der Waals surface area contributed by atoms with E-state index in [0.29, 0.717) is 32.4 Å². The van der Waals surface area contributed by atoms with Crippen molar-refractivity contribution in [3.8, 4) is 28.2 Å². The van der Waals surface area contributed by atoms with Gasteiger partial charge in [-0.2, -0.15) is 23.0 Å². The fourth-order valence-electron chi connectivity index (χ4n) is 4.47. The number of alkyl halides is 3. The molecule has 186 valence electrons. The van der Waals surface area contributed by atoms with Crippen LogP contribution in [-0.2, 0) is 6.18 Å². The number of hydrogen-bond acceptors (Lipinski definition) is 4. The van der Waals surface area contributed by atoms with E-state index in [-0.39, 0.29) is 22.6 Å². The molecular weight excluding hydrogens is 513 g/mol. The Kier molecular flexibility index (Phi) is 5.69. The number of hydrogen-bond donors (Lipinski definition) is 0. The lowest BCUT2D eigenvalue weighted by Crippen LogP contribution is -2.24. The molecule has 6 rings (SSSR count). The molecule has 38 heavy (non-hydrogen) atoms. The lowest BCUT2D eigenvalue weighted by Gasteiger charge is -2.17. The monoisotopic (exact) mass is 528 g/mol. The van der Waals surface area contributed by atoms with Crippen LogP contribution in [0.15, 0.2) is 102 Å². The molecule has 0 saturated carbocycles. The molecule has 3 aromatic carbocycles. The van der Waals surface area contributed by atoms with E-state index in [0.717, 1.165) is 10.7 Å². The Morgan fingerprint density at radius 3 is 2.26 bits per heavy atom. The van der Waals surface area contributed by atoms with Gasteiger partial charge in [0.15, 0.2) is 11.5 Å². The van der Waals surface area contributed by atoms with Crippen LogP contribution in [0.4, 0.5) is 13.2 Å². The van der Waals surface area contributed by atoms with Gasteiger partial charge in [-0.15, -0.1) is 0 Å². The molecule has 0 unspecified atom stereocenters. The molecule has 0 saturated heterocycles. The largest absolute Gasteiger partial charge is 0.417 e. The van der Waals surface area contributed by atoms with Crippen LogP contribution in [0, 0.1) is 0 Å². The molecule has 0 spiro atoms. The molecule has 0 amide bonds. The van der Waals surface area contributed by atoms with Gasteiger partial charge in [0.25, 0.3) is 5.56 Å². The Bertz CT molecular complexity index is 1900. The van der Waals surface area contributed by atoms with Crippen LogP contribution in [-0.4, -0.2) is 19.7 Å². The molecule has 3 heterocycles. The number of aromatic nitrogens is 4. The van der Waals surface area contributed by atoms with Crippen LogP contribution in [0.3, 0.4) is 0 Å². The van der Waals surface area contributed by atoms with Crippen LogP contribution in [0.25, 0.3) is 50.0 Å². The van der Waals surface area contributed by atoms with Gasteiger partial charge in [-0.05, 0) is 48.0 Å². The van der Waals surface area contributed by atoms with Gasteiger partial charge < -0.3 is 0 Å². The normalized spacial score (nSPS) is 11.8. The zero-order valence-corrected chi connectivity index (χ0v) is 20.2. The van der Waals surface area contributed by atoms with Crippen molar-refractivity contribution in [2.24, 2.45) is 0 Å². The van der Waals surface area contributed by atoms with Crippen LogP contribution < -0.4 is 5.56 Å².